The first-order valence-electron chi connectivity index (χ1n) is 10.7. The second-order valence-electron chi connectivity index (χ2n) is 7.92. The molecule has 13 heteroatoms. The van der Waals surface area contributed by atoms with Crippen LogP contribution in [-0.4, -0.2) is 38.7 Å². The number of amides is 1. The summed E-state index contributed by atoms with van der Waals surface area (Å²) in [4.78, 5) is 22.2. The third kappa shape index (κ3) is 4.79. The molecule has 0 unspecified atom stereocenters. The van der Waals surface area contributed by atoms with Crippen LogP contribution in [0.25, 0.3) is 16.1 Å². The van der Waals surface area contributed by atoms with E-state index in [1.807, 2.05) is 13.8 Å². The van der Waals surface area contributed by atoms with Crippen molar-refractivity contribution in [3.05, 3.63) is 79.6 Å². The molecule has 4 rings (SSSR count). The fourth-order valence-corrected chi connectivity index (χ4v) is 4.01. The topological polar surface area (TPSA) is 147 Å². The molecule has 0 saturated heterocycles. The summed E-state index contributed by atoms with van der Waals surface area (Å²) in [6.45, 7) is 4.44. The Balaban J connectivity index is 1.50. The molecule has 1 aromatic carbocycles. The van der Waals surface area contributed by atoms with Gasteiger partial charge < -0.3 is 20.7 Å². The van der Waals surface area contributed by atoms with Crippen LogP contribution >= 0.6 is 11.6 Å². The summed E-state index contributed by atoms with van der Waals surface area (Å²) in [5.41, 5.74) is 18.5. The number of nitrogens with zero attached hydrogens (tertiary/aromatic N) is 7. The number of ether oxygens (including phenoxy) is 1. The molecule has 0 fully saturated rings. The lowest BCUT2D eigenvalue weighted by molar-refractivity contribution is 0.0745. The van der Waals surface area contributed by atoms with Gasteiger partial charge in [-0.25, -0.2) is 13.9 Å². The Bertz CT molecular complexity index is 1380. The van der Waals surface area contributed by atoms with Gasteiger partial charge in [0.15, 0.2) is 5.65 Å². The number of fused-ring (bicyclic) bond motifs is 3. The van der Waals surface area contributed by atoms with E-state index < -0.39 is 5.82 Å². The molecule has 0 aliphatic carbocycles. The standard InChI is InChI=1S/C22H23ClFN9O2/c1-12-20(23)13(2)33-21(29-12)17-9-32(10-18(17)30-33)22(34)16-4-3-14(24)7-19(16)35-6-5-15(8-25)27-11-28-31-26/h3-4,7-8,27H,5-6,9-11,25H2,1-2H3/b15-8-. The Morgan fingerprint density at radius 3 is 2.97 bits per heavy atom. The van der Waals surface area contributed by atoms with Gasteiger partial charge >= 0.3 is 0 Å². The lowest BCUT2D eigenvalue weighted by Gasteiger charge is -2.19. The molecule has 2 aromatic heterocycles. The predicted molar refractivity (Wildman–Crippen MR) is 127 cm³/mol. The Hall–Kier alpha value is -4.02. The number of benzene rings is 1. The molecule has 0 bridgehead atoms. The highest BCUT2D eigenvalue weighted by Crippen LogP contribution is 2.31. The lowest BCUT2D eigenvalue weighted by atomic mass is 10.1. The van der Waals surface area contributed by atoms with E-state index in [2.05, 4.69) is 25.4 Å². The second kappa shape index (κ2) is 10.1. The largest absolute Gasteiger partial charge is 0.492 e. The van der Waals surface area contributed by atoms with Crippen molar-refractivity contribution in [1.29, 1.82) is 0 Å². The fourth-order valence-electron chi connectivity index (χ4n) is 3.89. The van der Waals surface area contributed by atoms with E-state index in [1.165, 1.54) is 24.4 Å². The summed E-state index contributed by atoms with van der Waals surface area (Å²) < 4.78 is 21.4. The maximum Gasteiger partial charge on any atom is 0.258 e. The van der Waals surface area contributed by atoms with Crippen LogP contribution in [0, 0.1) is 19.7 Å². The zero-order valence-electron chi connectivity index (χ0n) is 19.1. The number of hydrogen-bond donors (Lipinski definition) is 2. The average molecular weight is 500 g/mol. The minimum atomic E-state index is -0.526. The van der Waals surface area contributed by atoms with Crippen LogP contribution in [0.3, 0.4) is 0 Å². The molecular weight excluding hydrogens is 477 g/mol. The Morgan fingerprint density at radius 1 is 1.43 bits per heavy atom. The molecule has 1 aliphatic heterocycles. The monoisotopic (exact) mass is 499 g/mol. The smallest absolute Gasteiger partial charge is 0.258 e. The first kappa shape index (κ1) is 24.1. The van der Waals surface area contributed by atoms with E-state index in [0.717, 1.165) is 17.0 Å². The molecule has 0 radical (unpaired) electrons. The highest BCUT2D eigenvalue weighted by molar-refractivity contribution is 6.31. The SMILES string of the molecule is Cc1nc2c3c(nn2c(C)c1Cl)CN(C(=O)c1ccc(F)cc1OCC/C(=C/N)NCN=[N+]=[N-])C3. The van der Waals surface area contributed by atoms with Gasteiger partial charge in [-0.2, -0.15) is 5.10 Å². The highest BCUT2D eigenvalue weighted by Gasteiger charge is 2.31. The van der Waals surface area contributed by atoms with Gasteiger partial charge in [-0.15, -0.1) is 0 Å². The summed E-state index contributed by atoms with van der Waals surface area (Å²) >= 11 is 6.31. The van der Waals surface area contributed by atoms with Gasteiger partial charge in [0.1, 0.15) is 11.6 Å². The van der Waals surface area contributed by atoms with Crippen LogP contribution in [0.2, 0.25) is 5.02 Å². The zero-order valence-corrected chi connectivity index (χ0v) is 19.9. The predicted octanol–water partition coefficient (Wildman–Crippen LogP) is 3.72. The van der Waals surface area contributed by atoms with E-state index in [-0.39, 0.29) is 37.0 Å². The maximum atomic E-state index is 14.0. The Morgan fingerprint density at radius 2 is 2.23 bits per heavy atom. The van der Waals surface area contributed by atoms with Crippen molar-refractivity contribution in [3.63, 3.8) is 0 Å². The molecule has 35 heavy (non-hydrogen) atoms. The first-order valence-corrected chi connectivity index (χ1v) is 11.1. The van der Waals surface area contributed by atoms with Crippen molar-refractivity contribution in [2.75, 3.05) is 13.3 Å². The van der Waals surface area contributed by atoms with Gasteiger partial charge in [-0.1, -0.05) is 16.7 Å². The van der Waals surface area contributed by atoms with Gasteiger partial charge in [0.2, 0.25) is 0 Å². The van der Waals surface area contributed by atoms with Gasteiger partial charge in [-0.3, -0.25) is 4.79 Å². The summed E-state index contributed by atoms with van der Waals surface area (Å²) in [5.74, 6) is -0.714. The molecule has 3 N–H and O–H groups in total. The van der Waals surface area contributed by atoms with Crippen LogP contribution in [0.15, 0.2) is 35.2 Å². The third-order valence-corrected chi connectivity index (χ3v) is 6.23. The molecular formula is C22H23ClFN9O2. The zero-order chi connectivity index (χ0) is 25.1. The molecule has 11 nitrogen and oxygen atoms in total. The van der Waals surface area contributed by atoms with Crippen LogP contribution in [0.4, 0.5) is 4.39 Å². The number of halogens is 2. The van der Waals surface area contributed by atoms with E-state index in [9.17, 15) is 9.18 Å². The number of hydrogen-bond acceptors (Lipinski definition) is 7. The fraction of sp³-hybridized carbons (Fsp3) is 0.318. The van der Waals surface area contributed by atoms with Gasteiger partial charge in [-0.05, 0) is 31.5 Å². The van der Waals surface area contributed by atoms with Crippen molar-refractivity contribution < 1.29 is 13.9 Å². The molecule has 1 aliphatic rings. The van der Waals surface area contributed by atoms with Gasteiger partial charge in [0.25, 0.3) is 5.91 Å². The average Bonchev–Trinajstić information content (AvgIpc) is 3.40. The van der Waals surface area contributed by atoms with E-state index in [0.29, 0.717) is 35.0 Å². The van der Waals surface area contributed by atoms with Gasteiger partial charge in [0.05, 0.1) is 54.0 Å². The minimum absolute atomic E-state index is 0.0302. The molecule has 1 amide bonds. The number of aryl methyl sites for hydroxylation is 2. The van der Waals surface area contributed by atoms with Crippen LogP contribution < -0.4 is 15.8 Å². The molecule has 0 spiro atoms. The summed E-state index contributed by atoms with van der Waals surface area (Å²) in [5, 5.41) is 11.4. The normalized spacial score (nSPS) is 13.0. The van der Waals surface area contributed by atoms with Gasteiger partial charge in [0, 0.05) is 34.9 Å². The van der Waals surface area contributed by atoms with E-state index in [1.54, 1.807) is 9.42 Å². The second-order valence-corrected chi connectivity index (χ2v) is 8.29. The molecule has 0 saturated carbocycles. The third-order valence-electron chi connectivity index (χ3n) is 5.69. The minimum Gasteiger partial charge on any atom is -0.492 e. The van der Waals surface area contributed by atoms with Crippen molar-refractivity contribution in [1.82, 2.24) is 24.8 Å². The van der Waals surface area contributed by atoms with Crippen LogP contribution in [0.5, 0.6) is 5.75 Å². The van der Waals surface area contributed by atoms with Crippen molar-refractivity contribution in [2.45, 2.75) is 33.4 Å². The summed E-state index contributed by atoms with van der Waals surface area (Å²) in [7, 11) is 0. The first-order chi connectivity index (χ1) is 16.8. The number of aromatic nitrogens is 3. The quantitative estimate of drug-likeness (QED) is 0.274. The molecule has 3 heterocycles. The summed E-state index contributed by atoms with van der Waals surface area (Å²) in [6, 6.07) is 3.80. The van der Waals surface area contributed by atoms with Crippen molar-refractivity contribution in [2.24, 2.45) is 10.8 Å². The highest BCUT2D eigenvalue weighted by atomic mass is 35.5. The Labute approximate surface area is 204 Å². The number of carbonyl (C=O) groups is 1. The van der Waals surface area contributed by atoms with Crippen molar-refractivity contribution >= 4 is 23.2 Å². The van der Waals surface area contributed by atoms with Crippen LogP contribution in [-0.2, 0) is 13.1 Å². The molecule has 182 valence electrons. The number of azide groups is 1. The van der Waals surface area contributed by atoms with E-state index >= 15 is 0 Å². The number of nitrogens with one attached hydrogen (secondary N) is 1. The molecule has 3 aromatic rings. The molecule has 0 atom stereocenters. The number of rotatable bonds is 8. The number of carbonyl (C=O) groups excluding carboxylic acids is 1. The van der Waals surface area contributed by atoms with Crippen molar-refractivity contribution in [3.8, 4) is 5.75 Å². The van der Waals surface area contributed by atoms with E-state index in [4.69, 9.17) is 27.6 Å². The Kier molecular flexibility index (Phi) is 6.94. The maximum absolute atomic E-state index is 14.0. The number of nitrogens with two attached hydrogens (primary N) is 1. The summed E-state index contributed by atoms with van der Waals surface area (Å²) in [6.07, 6.45) is 1.66. The lowest BCUT2D eigenvalue weighted by Crippen LogP contribution is -2.26. The van der Waals surface area contributed by atoms with Crippen LogP contribution in [0.1, 0.15) is 39.4 Å².